The maximum Gasteiger partial charge on any atom is 0.305 e. The van der Waals surface area contributed by atoms with E-state index in [9.17, 15) is 36.0 Å². The minimum Gasteiger partial charge on any atom is -0.481 e. The van der Waals surface area contributed by atoms with Crippen LogP contribution in [-0.2, 0) is 69.6 Å². The maximum atomic E-state index is 12.2. The van der Waals surface area contributed by atoms with Crippen molar-refractivity contribution in [2.24, 2.45) is 0 Å². The first kappa shape index (κ1) is 58.6. The minimum absolute atomic E-state index is 0.127. The van der Waals surface area contributed by atoms with Crippen molar-refractivity contribution in [2.75, 3.05) is 28.0 Å². The summed E-state index contributed by atoms with van der Waals surface area (Å²) in [6.45, 7) is 0. The van der Waals surface area contributed by atoms with Crippen LogP contribution >= 0.6 is 0 Å². The molecule has 0 unspecified atom stereocenters. The Morgan fingerprint density at radius 2 is 0.764 bits per heavy atom. The lowest BCUT2D eigenvalue weighted by atomic mass is 10.1. The number of anilines is 4. The summed E-state index contributed by atoms with van der Waals surface area (Å²) in [6.07, 6.45) is 6.72. The van der Waals surface area contributed by atoms with E-state index in [4.69, 9.17) is 26.9 Å². The number of hydrogen-bond donors (Lipinski definition) is 8. The number of nitrogens with one attached hydrogen (secondary N) is 3. The first-order valence-electron chi connectivity index (χ1n) is 22.8. The second kappa shape index (κ2) is 31.5. The topological polar surface area (TPSA) is 295 Å². The number of benzene rings is 6. The lowest BCUT2D eigenvalue weighted by molar-refractivity contribution is -0.141. The van der Waals surface area contributed by atoms with E-state index in [-0.39, 0.29) is 35.0 Å². The third-order valence-corrected chi connectivity index (χ3v) is 13.1. The molecule has 72 heavy (non-hydrogen) atoms. The minimum atomic E-state index is -3.59. The van der Waals surface area contributed by atoms with Gasteiger partial charge < -0.3 is 26.4 Å². The standard InChI is InChI=1S/C16H18N2O4S.C16H17NO4S.C11H15NO2.C10H13NO2/c19-16(17-20)8-4-5-13-9-11-14(12-10-13)18-23(21,22)15-6-2-1-3-7-15;18-16(19)8-4-5-13-9-11-14(12-10-13)17-22(20,21)15-6-2-1-3-7-15;1-14-11(13)4-2-3-9-5-7-10(12)8-6-9;11-9-6-4-8(5-7-9)2-1-3-10(12)13/h1-3,6-7,9-12,18,20H,4-5,8H2,(H,17,19);1-3,6-7,9-12,17H,4-5,8H2,(H,18,19);5-8H,2-4,12H2,1H3;4-7H,1-3,11H2,(H,12,13). The molecule has 19 heteroatoms. The van der Waals surface area contributed by atoms with Crippen molar-refractivity contribution in [2.45, 2.75) is 86.8 Å². The summed E-state index contributed by atoms with van der Waals surface area (Å²) in [6, 6.07) is 45.4. The third kappa shape index (κ3) is 24.2. The van der Waals surface area contributed by atoms with Crippen molar-refractivity contribution in [3.8, 4) is 0 Å². The predicted molar refractivity (Wildman–Crippen MR) is 278 cm³/mol. The van der Waals surface area contributed by atoms with Crippen LogP contribution in [0.4, 0.5) is 22.7 Å². The number of nitrogen functional groups attached to an aromatic ring is 2. The molecule has 6 rings (SSSR count). The first-order valence-corrected chi connectivity index (χ1v) is 25.8. The molecule has 0 aliphatic carbocycles. The second-order valence-corrected chi connectivity index (χ2v) is 19.4. The summed E-state index contributed by atoms with van der Waals surface area (Å²) < 4.78 is 58.3. The van der Waals surface area contributed by atoms with Gasteiger partial charge in [-0.1, -0.05) is 84.9 Å². The van der Waals surface area contributed by atoms with Gasteiger partial charge in [-0.15, -0.1) is 0 Å². The highest BCUT2D eigenvalue weighted by molar-refractivity contribution is 7.93. The number of hydrogen-bond acceptors (Lipinski definition) is 12. The monoisotopic (exact) mass is 1030 g/mol. The molecule has 1 amide bonds. The number of sulfonamides is 2. The number of carboxylic acid groups (broad SMARTS) is 2. The normalized spacial score (nSPS) is 10.6. The number of methoxy groups -OCH3 is 1. The number of nitrogens with two attached hydrogens (primary N) is 2. The Bertz CT molecular complexity index is 2780. The number of ether oxygens (including phenoxy) is 1. The van der Waals surface area contributed by atoms with Gasteiger partial charge in [0.05, 0.1) is 16.9 Å². The Hall–Kier alpha value is -7.74. The van der Waals surface area contributed by atoms with Crippen LogP contribution in [0.25, 0.3) is 0 Å². The molecule has 6 aromatic carbocycles. The average molecular weight is 1030 g/mol. The summed E-state index contributed by atoms with van der Waals surface area (Å²) in [5.74, 6) is -2.12. The Morgan fingerprint density at radius 1 is 0.458 bits per heavy atom. The number of carbonyl (C=O) groups is 4. The smallest absolute Gasteiger partial charge is 0.305 e. The van der Waals surface area contributed by atoms with Gasteiger partial charge in [0, 0.05) is 48.4 Å². The molecule has 0 atom stereocenters. The number of aliphatic carboxylic acids is 2. The van der Waals surface area contributed by atoms with Gasteiger partial charge in [0.1, 0.15) is 0 Å². The van der Waals surface area contributed by atoms with Crippen molar-refractivity contribution < 1.29 is 56.2 Å². The van der Waals surface area contributed by atoms with Crippen LogP contribution in [-0.4, -0.2) is 63.2 Å². The van der Waals surface area contributed by atoms with Gasteiger partial charge in [-0.05, 0) is 146 Å². The lowest BCUT2D eigenvalue weighted by Crippen LogP contribution is -2.18. The fourth-order valence-corrected chi connectivity index (χ4v) is 8.57. The molecule has 0 radical (unpaired) electrons. The van der Waals surface area contributed by atoms with Crippen molar-refractivity contribution in [3.05, 3.63) is 180 Å². The molecule has 0 saturated carbocycles. The highest BCUT2D eigenvalue weighted by atomic mass is 32.2. The number of carboxylic acids is 2. The molecule has 0 aliphatic rings. The van der Waals surface area contributed by atoms with Crippen LogP contribution < -0.4 is 26.4 Å². The third-order valence-electron chi connectivity index (χ3n) is 10.3. The summed E-state index contributed by atoms with van der Waals surface area (Å²) in [5.41, 5.74) is 19.4. The fraction of sp³-hybridized carbons (Fsp3) is 0.245. The van der Waals surface area contributed by atoms with Crippen molar-refractivity contribution in [1.29, 1.82) is 0 Å². The summed E-state index contributed by atoms with van der Waals surface area (Å²) >= 11 is 0. The molecule has 0 fully saturated rings. The zero-order valence-electron chi connectivity index (χ0n) is 40.0. The summed E-state index contributed by atoms with van der Waals surface area (Å²) in [5, 5.41) is 25.4. The van der Waals surface area contributed by atoms with E-state index in [1.165, 1.54) is 36.9 Å². The van der Waals surface area contributed by atoms with Crippen LogP contribution in [0, 0.1) is 0 Å². The molecular formula is C53H63N5O12S2. The number of amides is 1. The van der Waals surface area contributed by atoms with Crippen LogP contribution in [0.3, 0.4) is 0 Å². The van der Waals surface area contributed by atoms with Gasteiger partial charge >= 0.3 is 17.9 Å². The Morgan fingerprint density at radius 3 is 1.07 bits per heavy atom. The molecule has 0 saturated heterocycles. The van der Waals surface area contributed by atoms with E-state index in [1.54, 1.807) is 90.4 Å². The molecular weight excluding hydrogens is 963 g/mol. The molecule has 17 nitrogen and oxygen atoms in total. The zero-order valence-corrected chi connectivity index (χ0v) is 41.6. The predicted octanol–water partition coefficient (Wildman–Crippen LogP) is 8.65. The first-order chi connectivity index (χ1) is 34.4. The number of esters is 1. The fourth-order valence-electron chi connectivity index (χ4n) is 6.41. The quantitative estimate of drug-likeness (QED) is 0.0137. The second-order valence-electron chi connectivity index (χ2n) is 16.0. The molecule has 6 aromatic rings. The van der Waals surface area contributed by atoms with E-state index in [2.05, 4.69) is 14.2 Å². The highest BCUT2D eigenvalue weighted by Crippen LogP contribution is 2.19. The zero-order chi connectivity index (χ0) is 52.8. The number of rotatable bonds is 22. The maximum absolute atomic E-state index is 12.2. The molecule has 0 aromatic heterocycles. The van der Waals surface area contributed by atoms with Crippen molar-refractivity contribution in [3.63, 3.8) is 0 Å². The van der Waals surface area contributed by atoms with Gasteiger partial charge in [-0.3, -0.25) is 33.8 Å². The van der Waals surface area contributed by atoms with Gasteiger partial charge in [0.25, 0.3) is 20.0 Å². The molecule has 0 spiro atoms. The Labute approximate surface area is 421 Å². The van der Waals surface area contributed by atoms with E-state index in [0.717, 1.165) is 47.3 Å². The van der Waals surface area contributed by atoms with E-state index in [0.29, 0.717) is 49.9 Å². The molecule has 0 aliphatic heterocycles. The Balaban J connectivity index is 0.000000261. The summed E-state index contributed by atoms with van der Waals surface area (Å²) in [4.78, 5) is 42.8. The largest absolute Gasteiger partial charge is 0.481 e. The van der Waals surface area contributed by atoms with Crippen LogP contribution in [0.15, 0.2) is 168 Å². The van der Waals surface area contributed by atoms with Gasteiger partial charge in [0.15, 0.2) is 0 Å². The number of carbonyl (C=O) groups excluding carboxylic acids is 2. The van der Waals surface area contributed by atoms with Gasteiger partial charge in [0.2, 0.25) is 5.91 Å². The summed E-state index contributed by atoms with van der Waals surface area (Å²) in [7, 11) is -5.76. The van der Waals surface area contributed by atoms with E-state index >= 15 is 0 Å². The van der Waals surface area contributed by atoms with Crippen molar-refractivity contribution >= 4 is 66.6 Å². The van der Waals surface area contributed by atoms with E-state index < -0.39 is 37.9 Å². The van der Waals surface area contributed by atoms with Crippen LogP contribution in [0.1, 0.15) is 73.6 Å². The van der Waals surface area contributed by atoms with Gasteiger partial charge in [-0.2, -0.15) is 0 Å². The van der Waals surface area contributed by atoms with Gasteiger partial charge in [-0.25, -0.2) is 22.3 Å². The molecule has 0 heterocycles. The molecule has 384 valence electrons. The Kier molecular flexibility index (Phi) is 25.6. The lowest BCUT2D eigenvalue weighted by Gasteiger charge is -2.09. The van der Waals surface area contributed by atoms with E-state index in [1.807, 2.05) is 48.5 Å². The highest BCUT2D eigenvalue weighted by Gasteiger charge is 2.14. The van der Waals surface area contributed by atoms with Crippen LogP contribution in [0.2, 0.25) is 0 Å². The van der Waals surface area contributed by atoms with Crippen molar-refractivity contribution in [1.82, 2.24) is 5.48 Å². The average Bonchev–Trinajstić information content (AvgIpc) is 3.37. The number of hydroxylamine groups is 1. The molecule has 10 N–H and O–H groups in total. The SMILES string of the molecule is COC(=O)CCCc1ccc(N)cc1.Nc1ccc(CCCC(=O)O)cc1.O=C(CCCc1ccc(NS(=O)(=O)c2ccccc2)cc1)NO.O=C(O)CCCc1ccc(NS(=O)(=O)c2ccccc2)cc1. The van der Waals surface area contributed by atoms with Crippen LogP contribution in [0.5, 0.6) is 0 Å². The molecule has 0 bridgehead atoms. The number of aryl methyl sites for hydroxylation is 4.